The molecule has 3 aliphatic carbocycles. The van der Waals surface area contributed by atoms with Gasteiger partial charge in [-0.1, -0.05) is 18.0 Å². The van der Waals surface area contributed by atoms with Crippen LogP contribution in [0.1, 0.15) is 79.5 Å². The number of aromatic nitrogens is 3. The van der Waals surface area contributed by atoms with Crippen molar-refractivity contribution in [2.45, 2.75) is 76.0 Å². The average Bonchev–Trinajstić information content (AvgIpc) is 3.95. The van der Waals surface area contributed by atoms with Gasteiger partial charge in [0, 0.05) is 28.3 Å². The summed E-state index contributed by atoms with van der Waals surface area (Å²) in [7, 11) is 0. The third kappa shape index (κ3) is 6.38. The Kier molecular flexibility index (Phi) is 8.30. The summed E-state index contributed by atoms with van der Waals surface area (Å²) < 4.78 is 28.2. The summed E-state index contributed by atoms with van der Waals surface area (Å²) in [5.41, 5.74) is 6.55. The molecule has 4 aromatic rings. The fourth-order valence-corrected chi connectivity index (χ4v) is 6.33. The molecule has 246 valence electrons. The monoisotopic (exact) mass is 661 g/mol. The van der Waals surface area contributed by atoms with E-state index in [1.165, 1.54) is 18.2 Å². The zero-order valence-electron chi connectivity index (χ0n) is 26.1. The Labute approximate surface area is 276 Å². The molecule has 0 aliphatic heterocycles. The summed E-state index contributed by atoms with van der Waals surface area (Å²) in [4.78, 5) is 30.8. The van der Waals surface area contributed by atoms with Crippen LogP contribution in [0.3, 0.4) is 0 Å². The highest BCUT2D eigenvalue weighted by Crippen LogP contribution is 2.45. The standard InChI is InChI=1S/C35H37ClFN5O5/c1-2-46-33-20(16-30(38)43)15-29(40-32(33)19-6-11-27(37)26(36)13-19)35(45,23-4-3-5-23)18-39-34(44)21-12-22-17-42(24-7-8-24)41-31(22)28(14-21)47-25-9-10-25/h6,11-15,17,23-25,45H,2-5,7-10,16,18H2,1H3,(H2,38,43)(H,39,44)/t35-/m1/s1. The van der Waals surface area contributed by atoms with Crippen LogP contribution in [-0.2, 0) is 16.8 Å². The molecule has 2 heterocycles. The number of ether oxygens (including phenoxy) is 2. The molecule has 0 bridgehead atoms. The molecule has 10 nitrogen and oxygen atoms in total. The highest BCUT2D eigenvalue weighted by molar-refractivity contribution is 6.31. The number of rotatable bonds is 13. The first-order valence-electron chi connectivity index (χ1n) is 16.2. The number of primary amides is 1. The Balaban J connectivity index is 1.25. The number of hydrogen-bond donors (Lipinski definition) is 3. The number of halogens is 2. The highest BCUT2D eigenvalue weighted by Gasteiger charge is 2.44. The second kappa shape index (κ2) is 12.4. The third-order valence-electron chi connectivity index (χ3n) is 9.23. The van der Waals surface area contributed by atoms with Gasteiger partial charge in [0.25, 0.3) is 5.91 Å². The van der Waals surface area contributed by atoms with E-state index in [-0.39, 0.29) is 53.9 Å². The second-order valence-corrected chi connectivity index (χ2v) is 13.3. The minimum atomic E-state index is -1.60. The summed E-state index contributed by atoms with van der Waals surface area (Å²) in [6.07, 6.45) is 8.34. The summed E-state index contributed by atoms with van der Waals surface area (Å²) in [5, 5.41) is 20.8. The Morgan fingerprint density at radius 1 is 1.15 bits per heavy atom. The summed E-state index contributed by atoms with van der Waals surface area (Å²) >= 11 is 6.14. The van der Waals surface area contributed by atoms with Crippen molar-refractivity contribution >= 4 is 34.3 Å². The van der Waals surface area contributed by atoms with Crippen LogP contribution in [0.5, 0.6) is 11.5 Å². The first kappa shape index (κ1) is 31.4. The van der Waals surface area contributed by atoms with Gasteiger partial charge in [0.05, 0.1) is 42.4 Å². The molecule has 0 saturated heterocycles. The van der Waals surface area contributed by atoms with Crippen LogP contribution in [0, 0.1) is 11.7 Å². The number of nitrogens with two attached hydrogens (primary N) is 1. The van der Waals surface area contributed by atoms with E-state index < -0.39 is 17.3 Å². The number of nitrogens with one attached hydrogen (secondary N) is 1. The van der Waals surface area contributed by atoms with Gasteiger partial charge in [-0.15, -0.1) is 0 Å². The number of pyridine rings is 1. The lowest BCUT2D eigenvalue weighted by Gasteiger charge is -2.41. The van der Waals surface area contributed by atoms with E-state index in [0.29, 0.717) is 34.2 Å². The van der Waals surface area contributed by atoms with Crippen molar-refractivity contribution in [1.82, 2.24) is 20.1 Å². The van der Waals surface area contributed by atoms with E-state index in [1.807, 2.05) is 10.9 Å². The molecular formula is C35H37ClFN5O5. The van der Waals surface area contributed by atoms with Crippen LogP contribution in [-0.4, -0.2) is 50.9 Å². The maximum Gasteiger partial charge on any atom is 0.251 e. The van der Waals surface area contributed by atoms with Gasteiger partial charge in [-0.25, -0.2) is 9.37 Å². The molecule has 1 atom stereocenters. The fraction of sp³-hybridized carbons (Fsp3) is 0.429. The van der Waals surface area contributed by atoms with Crippen molar-refractivity contribution in [2.75, 3.05) is 13.2 Å². The summed E-state index contributed by atoms with van der Waals surface area (Å²) in [6.45, 7) is 1.91. The lowest BCUT2D eigenvalue weighted by Crippen LogP contribution is -2.49. The number of carbonyl (C=O) groups excluding carboxylic acids is 2. The van der Waals surface area contributed by atoms with Crippen LogP contribution >= 0.6 is 11.6 Å². The molecular weight excluding hydrogens is 625 g/mol. The minimum Gasteiger partial charge on any atom is -0.491 e. The van der Waals surface area contributed by atoms with Gasteiger partial charge >= 0.3 is 0 Å². The molecule has 2 aromatic carbocycles. The minimum absolute atomic E-state index is 0.111. The normalized spacial score (nSPS) is 17.6. The molecule has 0 unspecified atom stereocenters. The van der Waals surface area contributed by atoms with E-state index in [1.54, 1.807) is 25.1 Å². The number of carbonyl (C=O) groups is 2. The Hall–Kier alpha value is -4.22. The van der Waals surface area contributed by atoms with E-state index in [9.17, 15) is 19.1 Å². The molecule has 47 heavy (non-hydrogen) atoms. The average molecular weight is 662 g/mol. The van der Waals surface area contributed by atoms with Crippen LogP contribution in [0.2, 0.25) is 5.02 Å². The molecule has 0 radical (unpaired) electrons. The van der Waals surface area contributed by atoms with Crippen molar-refractivity contribution in [3.8, 4) is 22.8 Å². The SMILES string of the molecule is CCOc1c(CC(N)=O)cc([C@@](O)(CNC(=O)c2cc(OC3CC3)c3nn(C4CC4)cc3c2)C2CCC2)nc1-c1ccc(F)c(Cl)c1. The second-order valence-electron chi connectivity index (χ2n) is 12.9. The van der Waals surface area contributed by atoms with Crippen LogP contribution < -0.4 is 20.5 Å². The zero-order chi connectivity index (χ0) is 32.9. The Morgan fingerprint density at radius 3 is 2.57 bits per heavy atom. The first-order chi connectivity index (χ1) is 22.6. The van der Waals surface area contributed by atoms with E-state index in [0.717, 1.165) is 55.8 Å². The third-order valence-corrected chi connectivity index (χ3v) is 9.52. The van der Waals surface area contributed by atoms with Crippen molar-refractivity contribution in [2.24, 2.45) is 11.7 Å². The van der Waals surface area contributed by atoms with Gasteiger partial charge < -0.3 is 25.6 Å². The maximum absolute atomic E-state index is 14.1. The fourth-order valence-electron chi connectivity index (χ4n) is 6.15. The highest BCUT2D eigenvalue weighted by atomic mass is 35.5. The van der Waals surface area contributed by atoms with Gasteiger partial charge in [-0.2, -0.15) is 5.10 Å². The number of fused-ring (bicyclic) bond motifs is 1. The largest absolute Gasteiger partial charge is 0.491 e. The number of hydrogen-bond acceptors (Lipinski definition) is 7. The molecule has 2 amide bonds. The Morgan fingerprint density at radius 2 is 1.94 bits per heavy atom. The zero-order valence-corrected chi connectivity index (χ0v) is 26.9. The molecule has 3 aliphatic rings. The quantitative estimate of drug-likeness (QED) is 0.169. The summed E-state index contributed by atoms with van der Waals surface area (Å²) in [6, 6.07) is 9.68. The predicted octanol–water partition coefficient (Wildman–Crippen LogP) is 5.61. The Bertz CT molecular complexity index is 1870. The molecule has 12 heteroatoms. The summed E-state index contributed by atoms with van der Waals surface area (Å²) in [5.74, 6) is -0.919. The predicted molar refractivity (Wildman–Crippen MR) is 174 cm³/mol. The van der Waals surface area contributed by atoms with Gasteiger partial charge in [0.2, 0.25) is 5.91 Å². The van der Waals surface area contributed by atoms with E-state index in [2.05, 4.69) is 5.32 Å². The van der Waals surface area contributed by atoms with Crippen LogP contribution in [0.25, 0.3) is 22.2 Å². The maximum atomic E-state index is 14.1. The van der Waals surface area contributed by atoms with Crippen LogP contribution in [0.15, 0.2) is 42.6 Å². The molecule has 4 N–H and O–H groups in total. The molecule has 2 aromatic heterocycles. The molecule has 3 fully saturated rings. The number of nitrogens with zero attached hydrogens (tertiary/aromatic N) is 3. The van der Waals surface area contributed by atoms with Crippen LogP contribution in [0.4, 0.5) is 4.39 Å². The molecule has 0 spiro atoms. The van der Waals surface area contributed by atoms with Gasteiger partial charge in [0.15, 0.2) is 0 Å². The van der Waals surface area contributed by atoms with E-state index in [4.69, 9.17) is 36.9 Å². The molecule has 3 saturated carbocycles. The number of amides is 2. The van der Waals surface area contributed by atoms with E-state index >= 15 is 0 Å². The topological polar surface area (TPSA) is 142 Å². The lowest BCUT2D eigenvalue weighted by atomic mass is 9.70. The first-order valence-corrected chi connectivity index (χ1v) is 16.6. The van der Waals surface area contributed by atoms with Crippen molar-refractivity contribution in [3.63, 3.8) is 0 Å². The lowest BCUT2D eigenvalue weighted by molar-refractivity contribution is -0.117. The number of benzene rings is 2. The van der Waals surface area contributed by atoms with Gasteiger partial charge in [-0.3, -0.25) is 14.3 Å². The smallest absolute Gasteiger partial charge is 0.251 e. The van der Waals surface area contributed by atoms with Crippen molar-refractivity contribution in [3.05, 3.63) is 70.3 Å². The van der Waals surface area contributed by atoms with Crippen molar-refractivity contribution in [1.29, 1.82) is 0 Å². The molecule has 7 rings (SSSR count). The number of aliphatic hydroxyl groups is 1. The van der Waals surface area contributed by atoms with Gasteiger partial charge in [0.1, 0.15) is 34.1 Å². The van der Waals surface area contributed by atoms with Crippen molar-refractivity contribution < 1.29 is 28.6 Å². The van der Waals surface area contributed by atoms with Gasteiger partial charge in [-0.05, 0) is 87.8 Å².